The third-order valence-corrected chi connectivity index (χ3v) is 3.73. The summed E-state index contributed by atoms with van der Waals surface area (Å²) < 4.78 is 6.49. The summed E-state index contributed by atoms with van der Waals surface area (Å²) >= 11 is 0. The number of carbonyl (C=O) groups is 3. The molecule has 3 rings (SSSR count). The Morgan fingerprint density at radius 2 is 1.92 bits per heavy atom. The highest BCUT2D eigenvalue weighted by Gasteiger charge is 2.17. The molecule has 2 amide bonds. The van der Waals surface area contributed by atoms with Gasteiger partial charge in [-0.3, -0.25) is 19.7 Å². The Kier molecular flexibility index (Phi) is 4.66. The van der Waals surface area contributed by atoms with Gasteiger partial charge in [0.15, 0.2) is 6.61 Å². The molecule has 0 spiro atoms. The maximum Gasteiger partial charge on any atom is 0.339 e. The second kappa shape index (κ2) is 7.06. The summed E-state index contributed by atoms with van der Waals surface area (Å²) in [6, 6.07) is 11.1. The number of fused-ring (bicyclic) bond motifs is 1. The van der Waals surface area contributed by atoms with Crippen molar-refractivity contribution < 1.29 is 19.1 Å². The van der Waals surface area contributed by atoms with E-state index in [1.807, 2.05) is 0 Å². The minimum absolute atomic E-state index is 0.0471. The van der Waals surface area contributed by atoms with Crippen molar-refractivity contribution in [3.63, 3.8) is 0 Å². The first-order valence-corrected chi connectivity index (χ1v) is 7.70. The molecule has 0 fully saturated rings. The average molecular weight is 353 g/mol. The average Bonchev–Trinajstić information content (AvgIpc) is 3.05. The molecule has 0 aliphatic carbocycles. The fourth-order valence-electron chi connectivity index (χ4n) is 2.51. The van der Waals surface area contributed by atoms with Crippen molar-refractivity contribution in [2.75, 3.05) is 6.61 Å². The van der Waals surface area contributed by atoms with Gasteiger partial charge >= 0.3 is 5.97 Å². The molecule has 26 heavy (non-hydrogen) atoms. The van der Waals surface area contributed by atoms with Crippen LogP contribution < -0.4 is 10.9 Å². The van der Waals surface area contributed by atoms with E-state index < -0.39 is 29.9 Å². The molecule has 8 heteroatoms. The Balaban J connectivity index is 1.68. The second-order valence-electron chi connectivity index (χ2n) is 5.55. The van der Waals surface area contributed by atoms with E-state index >= 15 is 0 Å². The van der Waals surface area contributed by atoms with E-state index in [2.05, 4.69) is 10.3 Å². The number of nitrogens with one attached hydrogen (secondary N) is 2. The lowest BCUT2D eigenvalue weighted by Gasteiger charge is -2.08. The summed E-state index contributed by atoms with van der Waals surface area (Å²) in [4.78, 5) is 50.3. The van der Waals surface area contributed by atoms with Crippen LogP contribution >= 0.6 is 0 Å². The first-order chi connectivity index (χ1) is 12.5. The molecule has 2 aromatic heterocycles. The fraction of sp³-hybridized carbons (Fsp3) is 0.111. The Bertz CT molecular complexity index is 1060. The van der Waals surface area contributed by atoms with Crippen molar-refractivity contribution in [2.45, 2.75) is 0 Å². The maximum absolute atomic E-state index is 12.2. The molecule has 0 aliphatic rings. The monoisotopic (exact) mass is 353 g/mol. The van der Waals surface area contributed by atoms with E-state index in [0.29, 0.717) is 16.6 Å². The molecule has 0 bridgehead atoms. The van der Waals surface area contributed by atoms with Crippen LogP contribution in [0.5, 0.6) is 0 Å². The van der Waals surface area contributed by atoms with Crippen LogP contribution in [0, 0.1) is 0 Å². The van der Waals surface area contributed by atoms with Gasteiger partial charge in [0.05, 0.1) is 5.56 Å². The molecule has 0 saturated heterocycles. The van der Waals surface area contributed by atoms with E-state index in [9.17, 15) is 19.2 Å². The molecule has 0 atom stereocenters. The highest BCUT2D eigenvalue weighted by molar-refractivity contribution is 6.06. The zero-order valence-electron chi connectivity index (χ0n) is 13.8. The number of para-hydroxylation sites is 1. The van der Waals surface area contributed by atoms with E-state index in [0.717, 1.165) is 6.07 Å². The number of hydrogen-bond acceptors (Lipinski definition) is 5. The normalized spacial score (nSPS) is 10.5. The Morgan fingerprint density at radius 3 is 2.65 bits per heavy atom. The second-order valence-corrected chi connectivity index (χ2v) is 5.55. The summed E-state index contributed by atoms with van der Waals surface area (Å²) in [5.41, 5.74) is 0.366. The number of hydrogen-bond donors (Lipinski definition) is 2. The first kappa shape index (κ1) is 17.2. The Morgan fingerprint density at radius 1 is 1.15 bits per heavy atom. The van der Waals surface area contributed by atoms with Crippen molar-refractivity contribution in [1.29, 1.82) is 0 Å². The first-order valence-electron chi connectivity index (χ1n) is 7.70. The van der Waals surface area contributed by atoms with Gasteiger partial charge in [-0.1, -0.05) is 18.2 Å². The summed E-state index contributed by atoms with van der Waals surface area (Å²) in [7, 11) is 1.66. The summed E-state index contributed by atoms with van der Waals surface area (Å²) in [5.74, 6) is -2.19. The predicted molar refractivity (Wildman–Crippen MR) is 92.7 cm³/mol. The Hall–Kier alpha value is -3.68. The molecule has 0 saturated carbocycles. The van der Waals surface area contributed by atoms with Gasteiger partial charge in [-0.25, -0.2) is 4.79 Å². The quantitative estimate of drug-likeness (QED) is 0.680. The SMILES string of the molecule is Cn1cccc1C(=O)NC(=O)COC(=O)c1cc(=O)[nH]c2ccccc12. The number of ether oxygens (including phenoxy) is 1. The van der Waals surface area contributed by atoms with Crippen molar-refractivity contribution in [3.05, 3.63) is 70.3 Å². The van der Waals surface area contributed by atoms with Crippen LogP contribution in [-0.2, 0) is 16.6 Å². The topological polar surface area (TPSA) is 110 Å². The molecule has 132 valence electrons. The van der Waals surface area contributed by atoms with Crippen molar-refractivity contribution >= 4 is 28.7 Å². The lowest BCUT2D eigenvalue weighted by atomic mass is 10.1. The maximum atomic E-state index is 12.2. The molecule has 1 aromatic carbocycles. The van der Waals surface area contributed by atoms with Crippen LogP contribution in [0.3, 0.4) is 0 Å². The zero-order chi connectivity index (χ0) is 18.7. The van der Waals surface area contributed by atoms with Gasteiger partial charge in [-0.05, 0) is 18.2 Å². The molecule has 0 radical (unpaired) electrons. The molecular formula is C18H15N3O5. The molecular weight excluding hydrogens is 338 g/mol. The molecule has 2 N–H and O–H groups in total. The number of esters is 1. The van der Waals surface area contributed by atoms with Crippen LogP contribution in [0.25, 0.3) is 10.9 Å². The summed E-state index contributed by atoms with van der Waals surface area (Å²) in [6.45, 7) is -0.643. The van der Waals surface area contributed by atoms with E-state index in [4.69, 9.17) is 4.74 Å². The van der Waals surface area contributed by atoms with Crippen molar-refractivity contribution in [1.82, 2.24) is 14.9 Å². The number of rotatable bonds is 4. The summed E-state index contributed by atoms with van der Waals surface area (Å²) in [5, 5.41) is 2.63. The van der Waals surface area contributed by atoms with Gasteiger partial charge in [-0.15, -0.1) is 0 Å². The van der Waals surface area contributed by atoms with Gasteiger partial charge in [-0.2, -0.15) is 0 Å². The van der Waals surface area contributed by atoms with Gasteiger partial charge < -0.3 is 14.3 Å². The smallest absolute Gasteiger partial charge is 0.339 e. The number of pyridine rings is 1. The van der Waals surface area contributed by atoms with E-state index in [1.54, 1.807) is 54.2 Å². The molecule has 0 aliphatic heterocycles. The molecule has 2 heterocycles. The lowest BCUT2D eigenvalue weighted by Crippen LogP contribution is -2.35. The van der Waals surface area contributed by atoms with E-state index in [-0.39, 0.29) is 5.56 Å². The number of nitrogens with zero attached hydrogens (tertiary/aromatic N) is 1. The Labute approximate surface area is 147 Å². The third-order valence-electron chi connectivity index (χ3n) is 3.73. The van der Waals surface area contributed by atoms with Gasteiger partial charge in [0, 0.05) is 30.2 Å². The fourth-order valence-corrected chi connectivity index (χ4v) is 2.51. The number of aromatic nitrogens is 2. The van der Waals surface area contributed by atoms with E-state index in [1.165, 1.54) is 0 Å². The van der Waals surface area contributed by atoms with Gasteiger partial charge in [0.1, 0.15) is 5.69 Å². The predicted octanol–water partition coefficient (Wildman–Crippen LogP) is 0.980. The minimum Gasteiger partial charge on any atom is -0.452 e. The van der Waals surface area contributed by atoms with Crippen molar-refractivity contribution in [3.8, 4) is 0 Å². The number of amides is 2. The number of benzene rings is 1. The standard InChI is InChI=1S/C18H15N3O5/c1-21-8-4-7-14(21)17(24)20-16(23)10-26-18(25)12-9-15(22)19-13-6-3-2-5-11(12)13/h2-9H,10H2,1H3,(H,19,22)(H,20,23,24). The zero-order valence-corrected chi connectivity index (χ0v) is 13.8. The van der Waals surface area contributed by atoms with Crippen LogP contribution in [0.2, 0.25) is 0 Å². The third kappa shape index (κ3) is 3.54. The molecule has 0 unspecified atom stereocenters. The van der Waals surface area contributed by atoms with Gasteiger partial charge in [0.2, 0.25) is 5.56 Å². The number of H-pyrrole nitrogens is 1. The summed E-state index contributed by atoms with van der Waals surface area (Å²) in [6.07, 6.45) is 1.66. The molecule has 3 aromatic rings. The highest BCUT2D eigenvalue weighted by Crippen LogP contribution is 2.15. The highest BCUT2D eigenvalue weighted by atomic mass is 16.5. The number of carbonyl (C=O) groups excluding carboxylic acids is 3. The van der Waals surface area contributed by atoms with Gasteiger partial charge in [0.25, 0.3) is 11.8 Å². The lowest BCUT2D eigenvalue weighted by molar-refractivity contribution is -0.123. The number of aromatic amines is 1. The van der Waals surface area contributed by atoms with Crippen LogP contribution in [0.15, 0.2) is 53.5 Å². The number of aryl methyl sites for hydroxylation is 1. The number of imide groups is 1. The largest absolute Gasteiger partial charge is 0.452 e. The van der Waals surface area contributed by atoms with Crippen molar-refractivity contribution in [2.24, 2.45) is 7.05 Å². The van der Waals surface area contributed by atoms with Crippen LogP contribution in [0.4, 0.5) is 0 Å². The molecule has 8 nitrogen and oxygen atoms in total. The van der Waals surface area contributed by atoms with Crippen LogP contribution in [-0.4, -0.2) is 33.9 Å². The van der Waals surface area contributed by atoms with Crippen LogP contribution in [0.1, 0.15) is 20.8 Å². The minimum atomic E-state index is -0.825.